The van der Waals surface area contributed by atoms with E-state index in [1.807, 2.05) is 6.20 Å². The van der Waals surface area contributed by atoms with Gasteiger partial charge < -0.3 is 10.3 Å². The van der Waals surface area contributed by atoms with Gasteiger partial charge in [0.1, 0.15) is 5.82 Å². The molecule has 0 aromatic carbocycles. The van der Waals surface area contributed by atoms with Gasteiger partial charge in [0.2, 0.25) is 0 Å². The first-order valence-corrected chi connectivity index (χ1v) is 8.45. The van der Waals surface area contributed by atoms with Gasteiger partial charge >= 0.3 is 0 Å². The Bertz CT molecular complexity index is 517. The van der Waals surface area contributed by atoms with Crippen molar-refractivity contribution in [3.05, 3.63) is 17.7 Å². The van der Waals surface area contributed by atoms with E-state index in [2.05, 4.69) is 15.3 Å². The van der Waals surface area contributed by atoms with E-state index in [0.29, 0.717) is 12.5 Å². The van der Waals surface area contributed by atoms with Gasteiger partial charge in [-0.15, -0.1) is 0 Å². The van der Waals surface area contributed by atoms with Crippen molar-refractivity contribution in [3.8, 4) is 0 Å². The van der Waals surface area contributed by atoms with Gasteiger partial charge in [-0.3, -0.25) is 0 Å². The van der Waals surface area contributed by atoms with Gasteiger partial charge in [0.25, 0.3) is 0 Å². The molecule has 2 heterocycles. The van der Waals surface area contributed by atoms with E-state index in [9.17, 15) is 8.42 Å². The van der Waals surface area contributed by atoms with Crippen molar-refractivity contribution in [2.24, 2.45) is 0 Å². The zero-order valence-electron chi connectivity index (χ0n) is 10.4. The summed E-state index contributed by atoms with van der Waals surface area (Å²) in [6, 6.07) is -0.168. The van der Waals surface area contributed by atoms with Crippen LogP contribution in [0.3, 0.4) is 0 Å². The Hall–Kier alpha value is -0.880. The molecule has 2 N–H and O–H groups in total. The van der Waals surface area contributed by atoms with Crippen molar-refractivity contribution in [3.63, 3.8) is 0 Å². The van der Waals surface area contributed by atoms with Crippen molar-refractivity contribution < 1.29 is 8.42 Å². The molecule has 2 fully saturated rings. The Balaban J connectivity index is 1.76. The minimum Gasteiger partial charge on any atom is -0.344 e. The van der Waals surface area contributed by atoms with Crippen molar-refractivity contribution in [1.29, 1.82) is 0 Å². The van der Waals surface area contributed by atoms with Crippen LogP contribution in [0.15, 0.2) is 6.20 Å². The highest BCUT2D eigenvalue weighted by Crippen LogP contribution is 2.33. The number of aromatic nitrogens is 2. The molecule has 3 rings (SSSR count). The molecule has 1 atom stereocenters. The lowest BCUT2D eigenvalue weighted by Gasteiger charge is -2.21. The molecule has 1 saturated heterocycles. The summed E-state index contributed by atoms with van der Waals surface area (Å²) < 4.78 is 23.2. The highest BCUT2D eigenvalue weighted by molar-refractivity contribution is 7.91. The average molecular weight is 269 g/mol. The maximum atomic E-state index is 11.6. The topological polar surface area (TPSA) is 74.8 Å². The smallest absolute Gasteiger partial charge is 0.153 e. The van der Waals surface area contributed by atoms with E-state index in [1.54, 1.807) is 0 Å². The van der Waals surface area contributed by atoms with E-state index < -0.39 is 9.84 Å². The summed E-state index contributed by atoms with van der Waals surface area (Å²) >= 11 is 0. The van der Waals surface area contributed by atoms with Gasteiger partial charge in [0.05, 0.1) is 17.5 Å². The Morgan fingerprint density at radius 3 is 2.78 bits per heavy atom. The molecule has 100 valence electrons. The van der Waals surface area contributed by atoms with Gasteiger partial charge in [-0.25, -0.2) is 13.4 Å². The van der Waals surface area contributed by atoms with Crippen molar-refractivity contribution in [1.82, 2.24) is 15.3 Å². The number of hydrogen-bond acceptors (Lipinski definition) is 4. The SMILES string of the molecule is O=S1(=O)CCNC(c2ncc(C3CCCC3)[nH]2)C1. The normalized spacial score (nSPS) is 28.6. The molecule has 2 aliphatic rings. The van der Waals surface area contributed by atoms with Crippen LogP contribution >= 0.6 is 0 Å². The number of sulfone groups is 1. The lowest BCUT2D eigenvalue weighted by molar-refractivity contribution is 0.517. The second kappa shape index (κ2) is 4.66. The molecule has 1 aliphatic heterocycles. The number of nitrogens with zero attached hydrogens (tertiary/aromatic N) is 1. The Morgan fingerprint density at radius 2 is 2.06 bits per heavy atom. The molecule has 18 heavy (non-hydrogen) atoms. The molecule has 1 aliphatic carbocycles. The lowest BCUT2D eigenvalue weighted by Crippen LogP contribution is -2.39. The summed E-state index contributed by atoms with van der Waals surface area (Å²) in [7, 11) is -2.91. The van der Waals surface area contributed by atoms with Gasteiger partial charge in [0, 0.05) is 24.4 Å². The Labute approximate surface area is 107 Å². The first-order valence-electron chi connectivity index (χ1n) is 6.63. The summed E-state index contributed by atoms with van der Waals surface area (Å²) in [6.45, 7) is 0.520. The second-order valence-electron chi connectivity index (χ2n) is 5.33. The van der Waals surface area contributed by atoms with Crippen LogP contribution in [0.2, 0.25) is 0 Å². The van der Waals surface area contributed by atoms with E-state index >= 15 is 0 Å². The standard InChI is InChI=1S/C12H19N3O2S/c16-18(17)6-5-13-11(8-18)12-14-7-10(15-12)9-3-1-2-4-9/h7,9,11,13H,1-6,8H2,(H,14,15). The number of imidazole rings is 1. The highest BCUT2D eigenvalue weighted by Gasteiger charge is 2.28. The van der Waals surface area contributed by atoms with E-state index in [1.165, 1.54) is 31.4 Å². The highest BCUT2D eigenvalue weighted by atomic mass is 32.2. The molecule has 6 heteroatoms. The minimum atomic E-state index is -2.91. The first kappa shape index (κ1) is 12.2. The van der Waals surface area contributed by atoms with Crippen LogP contribution in [0.1, 0.15) is 49.2 Å². The van der Waals surface area contributed by atoms with E-state index in [4.69, 9.17) is 0 Å². The fourth-order valence-electron chi connectivity index (χ4n) is 2.93. The van der Waals surface area contributed by atoms with Crippen LogP contribution in [0.5, 0.6) is 0 Å². The third kappa shape index (κ3) is 2.44. The van der Waals surface area contributed by atoms with Crippen LogP contribution in [0.25, 0.3) is 0 Å². The lowest BCUT2D eigenvalue weighted by atomic mass is 10.1. The molecule has 1 saturated carbocycles. The number of rotatable bonds is 2. The van der Waals surface area contributed by atoms with E-state index in [0.717, 1.165) is 5.82 Å². The van der Waals surface area contributed by atoms with Crippen LogP contribution in [-0.4, -0.2) is 36.4 Å². The Morgan fingerprint density at radius 1 is 1.28 bits per heavy atom. The molecule has 5 nitrogen and oxygen atoms in total. The van der Waals surface area contributed by atoms with Gasteiger partial charge in [-0.1, -0.05) is 12.8 Å². The van der Waals surface area contributed by atoms with Crippen LogP contribution in [0, 0.1) is 0 Å². The quantitative estimate of drug-likeness (QED) is 0.844. The van der Waals surface area contributed by atoms with Gasteiger partial charge in [0.15, 0.2) is 9.84 Å². The third-order valence-electron chi connectivity index (χ3n) is 3.96. The number of aromatic amines is 1. The predicted octanol–water partition coefficient (Wildman–Crippen LogP) is 1.13. The Kier molecular flexibility index (Phi) is 3.15. The van der Waals surface area contributed by atoms with Crippen LogP contribution in [0.4, 0.5) is 0 Å². The number of nitrogens with one attached hydrogen (secondary N) is 2. The second-order valence-corrected chi connectivity index (χ2v) is 7.55. The minimum absolute atomic E-state index is 0.157. The molecule has 0 spiro atoms. The fraction of sp³-hybridized carbons (Fsp3) is 0.750. The zero-order chi connectivity index (χ0) is 12.6. The first-order chi connectivity index (χ1) is 8.64. The summed E-state index contributed by atoms with van der Waals surface area (Å²) in [4.78, 5) is 7.69. The summed E-state index contributed by atoms with van der Waals surface area (Å²) in [5, 5.41) is 3.22. The molecular weight excluding hydrogens is 250 g/mol. The van der Waals surface area contributed by atoms with Gasteiger partial charge in [-0.2, -0.15) is 0 Å². The zero-order valence-corrected chi connectivity index (χ0v) is 11.2. The number of hydrogen-bond donors (Lipinski definition) is 2. The summed E-state index contributed by atoms with van der Waals surface area (Å²) in [6.07, 6.45) is 6.90. The molecule has 1 aromatic heterocycles. The summed E-state index contributed by atoms with van der Waals surface area (Å²) in [5.74, 6) is 1.76. The molecular formula is C12H19N3O2S. The maximum Gasteiger partial charge on any atom is 0.153 e. The van der Waals surface area contributed by atoms with Gasteiger partial charge in [-0.05, 0) is 12.8 Å². The fourth-order valence-corrected chi connectivity index (χ4v) is 4.31. The monoisotopic (exact) mass is 269 g/mol. The molecule has 0 radical (unpaired) electrons. The van der Waals surface area contributed by atoms with Crippen molar-refractivity contribution >= 4 is 9.84 Å². The molecule has 1 unspecified atom stereocenters. The predicted molar refractivity (Wildman–Crippen MR) is 69.2 cm³/mol. The van der Waals surface area contributed by atoms with Crippen molar-refractivity contribution in [2.75, 3.05) is 18.1 Å². The van der Waals surface area contributed by atoms with Crippen molar-refractivity contribution in [2.45, 2.75) is 37.6 Å². The maximum absolute atomic E-state index is 11.6. The van der Waals surface area contributed by atoms with Crippen LogP contribution < -0.4 is 5.32 Å². The van der Waals surface area contributed by atoms with E-state index in [-0.39, 0.29) is 17.5 Å². The third-order valence-corrected chi connectivity index (χ3v) is 5.63. The largest absolute Gasteiger partial charge is 0.344 e. The average Bonchev–Trinajstić information content (AvgIpc) is 2.99. The van der Waals surface area contributed by atoms with Crippen LogP contribution in [-0.2, 0) is 9.84 Å². The summed E-state index contributed by atoms with van der Waals surface area (Å²) in [5.41, 5.74) is 1.17. The molecule has 0 bridgehead atoms. The molecule has 1 aromatic rings. The number of H-pyrrole nitrogens is 1. The molecule has 0 amide bonds.